The van der Waals surface area contributed by atoms with E-state index < -0.39 is 24.2 Å². The molecule has 2 rings (SSSR count). The van der Waals surface area contributed by atoms with Crippen molar-refractivity contribution in [3.8, 4) is 0 Å². The molecule has 24 heavy (non-hydrogen) atoms. The molecule has 1 aromatic carbocycles. The third kappa shape index (κ3) is 5.06. The molecule has 1 fully saturated rings. The molecule has 6 nitrogen and oxygen atoms in total. The van der Waals surface area contributed by atoms with Crippen molar-refractivity contribution in [3.63, 3.8) is 0 Å². The lowest BCUT2D eigenvalue weighted by atomic mass is 9.86. The van der Waals surface area contributed by atoms with E-state index in [0.29, 0.717) is 6.42 Å². The molecule has 0 bridgehead atoms. The summed E-state index contributed by atoms with van der Waals surface area (Å²) in [7, 11) is 0. The second-order valence-electron chi connectivity index (χ2n) is 5.77. The SMILES string of the molecule is [N-]=[N+]=NC1(CC(F)(F)F)CCCN(C(=O)OCc2ccccc2)C1. The van der Waals surface area contributed by atoms with Gasteiger partial charge < -0.3 is 9.64 Å². The average Bonchev–Trinajstić information content (AvgIpc) is 2.52. The molecular formula is C15H17F3N4O2. The minimum atomic E-state index is -4.48. The zero-order valence-corrected chi connectivity index (χ0v) is 12.9. The maximum atomic E-state index is 12.8. The Morgan fingerprint density at radius 1 is 1.38 bits per heavy atom. The number of likely N-dealkylation sites (tertiary alicyclic amines) is 1. The van der Waals surface area contributed by atoms with Gasteiger partial charge >= 0.3 is 12.3 Å². The highest BCUT2D eigenvalue weighted by atomic mass is 19.4. The Bertz CT molecular complexity index is 617. The largest absolute Gasteiger partial charge is 0.445 e. The summed E-state index contributed by atoms with van der Waals surface area (Å²) in [5.41, 5.74) is 7.72. The van der Waals surface area contributed by atoms with Gasteiger partial charge in [-0.2, -0.15) is 13.2 Å². The van der Waals surface area contributed by atoms with Gasteiger partial charge in [0.05, 0.1) is 12.0 Å². The van der Waals surface area contributed by atoms with E-state index in [9.17, 15) is 18.0 Å². The monoisotopic (exact) mass is 342 g/mol. The van der Waals surface area contributed by atoms with E-state index in [1.54, 1.807) is 24.3 Å². The Labute approximate surface area is 136 Å². The normalized spacial score (nSPS) is 21.0. The van der Waals surface area contributed by atoms with Crippen LogP contribution in [0.3, 0.4) is 0 Å². The average molecular weight is 342 g/mol. The van der Waals surface area contributed by atoms with E-state index in [4.69, 9.17) is 10.3 Å². The highest BCUT2D eigenvalue weighted by Gasteiger charge is 2.45. The Morgan fingerprint density at radius 3 is 2.71 bits per heavy atom. The molecule has 1 aliphatic heterocycles. The number of piperidine rings is 1. The van der Waals surface area contributed by atoms with Gasteiger partial charge in [-0.15, -0.1) is 0 Å². The number of alkyl halides is 3. The topological polar surface area (TPSA) is 78.3 Å². The molecule has 0 aliphatic carbocycles. The van der Waals surface area contributed by atoms with Crippen molar-refractivity contribution in [1.82, 2.24) is 4.90 Å². The molecular weight excluding hydrogens is 325 g/mol. The Hall–Kier alpha value is -2.41. The lowest BCUT2D eigenvalue weighted by molar-refractivity contribution is -0.151. The van der Waals surface area contributed by atoms with Crippen LogP contribution in [0.1, 0.15) is 24.8 Å². The zero-order chi connectivity index (χ0) is 17.6. The van der Waals surface area contributed by atoms with Crippen molar-refractivity contribution in [1.29, 1.82) is 0 Å². The lowest BCUT2D eigenvalue weighted by Gasteiger charge is -2.39. The highest BCUT2D eigenvalue weighted by molar-refractivity contribution is 5.68. The number of ether oxygens (including phenoxy) is 1. The maximum absolute atomic E-state index is 12.8. The summed E-state index contributed by atoms with van der Waals surface area (Å²) in [4.78, 5) is 15.8. The van der Waals surface area contributed by atoms with Gasteiger partial charge in [0.25, 0.3) is 0 Å². The van der Waals surface area contributed by atoms with Crippen LogP contribution >= 0.6 is 0 Å². The van der Waals surface area contributed by atoms with E-state index in [1.165, 1.54) is 4.90 Å². The minimum absolute atomic E-state index is 0.0317. The van der Waals surface area contributed by atoms with Gasteiger partial charge in [-0.3, -0.25) is 0 Å². The molecule has 9 heteroatoms. The predicted octanol–water partition coefficient (Wildman–Crippen LogP) is 4.42. The molecule has 1 aliphatic rings. The number of hydrogen-bond acceptors (Lipinski definition) is 3. The van der Waals surface area contributed by atoms with Crippen LogP contribution in [0.15, 0.2) is 35.4 Å². The van der Waals surface area contributed by atoms with Crippen LogP contribution < -0.4 is 0 Å². The summed E-state index contributed by atoms with van der Waals surface area (Å²) >= 11 is 0. The van der Waals surface area contributed by atoms with E-state index in [0.717, 1.165) is 5.56 Å². The molecule has 1 unspecified atom stereocenters. The molecule has 130 valence electrons. The molecule has 0 radical (unpaired) electrons. The number of carbonyl (C=O) groups is 1. The number of nitrogens with zero attached hydrogens (tertiary/aromatic N) is 4. The van der Waals surface area contributed by atoms with E-state index in [2.05, 4.69) is 10.0 Å². The van der Waals surface area contributed by atoms with Crippen molar-refractivity contribution in [2.24, 2.45) is 5.11 Å². The van der Waals surface area contributed by atoms with Crippen LogP contribution in [0, 0.1) is 0 Å². The number of halogens is 3. The molecule has 1 heterocycles. The van der Waals surface area contributed by atoms with Gasteiger partial charge in [0.1, 0.15) is 6.61 Å². The molecule has 1 aromatic rings. The first-order valence-electron chi connectivity index (χ1n) is 7.42. The first kappa shape index (κ1) is 17.9. The molecule has 1 atom stereocenters. The van der Waals surface area contributed by atoms with Crippen molar-refractivity contribution in [2.45, 2.75) is 37.6 Å². The Kier molecular flexibility index (Phi) is 5.56. The first-order chi connectivity index (χ1) is 11.3. The van der Waals surface area contributed by atoms with E-state index in [-0.39, 0.29) is 26.1 Å². The maximum Gasteiger partial charge on any atom is 0.410 e. The fourth-order valence-corrected chi connectivity index (χ4v) is 2.81. The van der Waals surface area contributed by atoms with Crippen molar-refractivity contribution in [3.05, 3.63) is 46.3 Å². The first-order valence-corrected chi connectivity index (χ1v) is 7.42. The number of azide groups is 1. The lowest BCUT2D eigenvalue weighted by Crippen LogP contribution is -2.51. The van der Waals surface area contributed by atoms with Crippen LogP contribution in [-0.2, 0) is 11.3 Å². The molecule has 0 N–H and O–H groups in total. The number of amides is 1. The summed E-state index contributed by atoms with van der Waals surface area (Å²) < 4.78 is 43.5. The van der Waals surface area contributed by atoms with Gasteiger partial charge in [0.15, 0.2) is 0 Å². The quantitative estimate of drug-likeness (QED) is 0.461. The fourth-order valence-electron chi connectivity index (χ4n) is 2.81. The molecule has 0 saturated carbocycles. The summed E-state index contributed by atoms with van der Waals surface area (Å²) in [5, 5.41) is 3.36. The van der Waals surface area contributed by atoms with Crippen molar-refractivity contribution < 1.29 is 22.7 Å². The molecule has 1 amide bonds. The van der Waals surface area contributed by atoms with Gasteiger partial charge in [-0.1, -0.05) is 35.4 Å². The van der Waals surface area contributed by atoms with Crippen LogP contribution in [0.5, 0.6) is 0 Å². The van der Waals surface area contributed by atoms with Crippen molar-refractivity contribution >= 4 is 6.09 Å². The Balaban J connectivity index is 2.02. The van der Waals surface area contributed by atoms with Crippen molar-refractivity contribution in [2.75, 3.05) is 13.1 Å². The van der Waals surface area contributed by atoms with Crippen LogP contribution in [-0.4, -0.2) is 35.8 Å². The number of rotatable bonds is 4. The van der Waals surface area contributed by atoms with Crippen LogP contribution in [0.25, 0.3) is 10.4 Å². The zero-order valence-electron chi connectivity index (χ0n) is 12.9. The Morgan fingerprint density at radius 2 is 2.08 bits per heavy atom. The highest BCUT2D eigenvalue weighted by Crippen LogP contribution is 2.37. The predicted molar refractivity (Wildman–Crippen MR) is 80.0 cm³/mol. The second kappa shape index (κ2) is 7.44. The number of benzene rings is 1. The minimum Gasteiger partial charge on any atom is -0.445 e. The molecule has 1 saturated heterocycles. The summed E-state index contributed by atoms with van der Waals surface area (Å²) in [6.07, 6.45) is -6.05. The second-order valence-corrected chi connectivity index (χ2v) is 5.77. The summed E-state index contributed by atoms with van der Waals surface area (Å²) in [5.74, 6) is 0. The number of carbonyl (C=O) groups excluding carboxylic acids is 1. The van der Waals surface area contributed by atoms with E-state index >= 15 is 0 Å². The summed E-state index contributed by atoms with van der Waals surface area (Å²) in [6, 6.07) is 8.95. The van der Waals surface area contributed by atoms with Gasteiger partial charge in [-0.25, -0.2) is 4.79 Å². The fraction of sp³-hybridized carbons (Fsp3) is 0.533. The third-order valence-electron chi connectivity index (χ3n) is 3.81. The van der Waals surface area contributed by atoms with Crippen LogP contribution in [0.4, 0.5) is 18.0 Å². The van der Waals surface area contributed by atoms with Crippen LogP contribution in [0.2, 0.25) is 0 Å². The van der Waals surface area contributed by atoms with E-state index in [1.807, 2.05) is 6.07 Å². The molecule has 0 spiro atoms. The number of hydrogen-bond donors (Lipinski definition) is 0. The van der Waals surface area contributed by atoms with Gasteiger partial charge in [-0.05, 0) is 23.9 Å². The third-order valence-corrected chi connectivity index (χ3v) is 3.81. The molecule has 0 aromatic heterocycles. The van der Waals surface area contributed by atoms with Gasteiger partial charge in [0, 0.05) is 18.0 Å². The smallest absolute Gasteiger partial charge is 0.410 e. The summed E-state index contributed by atoms with van der Waals surface area (Å²) in [6.45, 7) is 0.00232. The standard InChI is InChI=1S/C15H17F3N4O2/c16-15(17,18)10-14(20-21-19)7-4-8-22(11-14)13(23)24-9-12-5-2-1-3-6-12/h1-3,5-6H,4,7-11H2. The van der Waals surface area contributed by atoms with Gasteiger partial charge in [0.2, 0.25) is 0 Å².